The summed E-state index contributed by atoms with van der Waals surface area (Å²) in [4.78, 5) is 13.4. The van der Waals surface area contributed by atoms with Gasteiger partial charge in [-0.1, -0.05) is 36.4 Å². The molecule has 2 aromatic rings. The van der Waals surface area contributed by atoms with Crippen molar-refractivity contribution in [1.29, 1.82) is 0 Å². The van der Waals surface area contributed by atoms with Gasteiger partial charge in [-0.15, -0.1) is 0 Å². The SMILES string of the molecule is CC(=O)N(CCNS(=O)(=O)c1ccccc1)CCc1ccccc1F. The minimum Gasteiger partial charge on any atom is -0.341 e. The molecule has 0 aromatic heterocycles. The maximum absolute atomic E-state index is 13.6. The van der Waals surface area contributed by atoms with Crippen LogP contribution in [-0.4, -0.2) is 38.9 Å². The number of hydrogen-bond acceptors (Lipinski definition) is 3. The molecule has 25 heavy (non-hydrogen) atoms. The van der Waals surface area contributed by atoms with E-state index in [1.807, 2.05) is 0 Å². The second-order valence-corrected chi connectivity index (χ2v) is 7.33. The second kappa shape index (κ2) is 8.73. The smallest absolute Gasteiger partial charge is 0.240 e. The monoisotopic (exact) mass is 364 g/mol. The molecule has 1 amide bonds. The summed E-state index contributed by atoms with van der Waals surface area (Å²) in [5.41, 5.74) is 0.526. The van der Waals surface area contributed by atoms with Crippen LogP contribution in [0.4, 0.5) is 4.39 Å². The van der Waals surface area contributed by atoms with Crippen LogP contribution in [0.1, 0.15) is 12.5 Å². The van der Waals surface area contributed by atoms with E-state index >= 15 is 0 Å². The first-order chi connectivity index (χ1) is 11.9. The second-order valence-electron chi connectivity index (χ2n) is 5.56. The molecule has 134 valence electrons. The Morgan fingerprint density at radius 3 is 2.32 bits per heavy atom. The summed E-state index contributed by atoms with van der Waals surface area (Å²) in [5.74, 6) is -0.494. The zero-order valence-corrected chi connectivity index (χ0v) is 14.8. The maximum Gasteiger partial charge on any atom is 0.240 e. The van der Waals surface area contributed by atoms with Crippen LogP contribution in [0, 0.1) is 5.82 Å². The van der Waals surface area contributed by atoms with Gasteiger partial charge in [0, 0.05) is 26.6 Å². The Hall–Kier alpha value is -2.25. The lowest BCUT2D eigenvalue weighted by Crippen LogP contribution is -2.38. The molecule has 0 bridgehead atoms. The van der Waals surface area contributed by atoms with E-state index in [2.05, 4.69) is 4.72 Å². The zero-order chi connectivity index (χ0) is 18.3. The number of halogens is 1. The normalized spacial score (nSPS) is 11.3. The Morgan fingerprint density at radius 2 is 1.68 bits per heavy atom. The number of sulfonamides is 1. The summed E-state index contributed by atoms with van der Waals surface area (Å²) in [7, 11) is -3.60. The minimum absolute atomic E-state index is 0.0913. The first kappa shape index (κ1) is 19.1. The molecule has 0 atom stereocenters. The van der Waals surface area contributed by atoms with Gasteiger partial charge in [-0.25, -0.2) is 17.5 Å². The summed E-state index contributed by atoms with van der Waals surface area (Å²) in [5, 5.41) is 0. The van der Waals surface area contributed by atoms with Crippen LogP contribution in [0.5, 0.6) is 0 Å². The van der Waals surface area contributed by atoms with Crippen LogP contribution in [0.3, 0.4) is 0 Å². The summed E-state index contributed by atoms with van der Waals surface area (Å²) in [6.45, 7) is 2.04. The summed E-state index contributed by atoms with van der Waals surface area (Å²) >= 11 is 0. The maximum atomic E-state index is 13.6. The Bertz CT molecular complexity index is 810. The number of nitrogens with zero attached hydrogens (tertiary/aromatic N) is 1. The minimum atomic E-state index is -3.60. The highest BCUT2D eigenvalue weighted by Crippen LogP contribution is 2.09. The molecule has 2 rings (SSSR count). The van der Waals surface area contributed by atoms with Crippen LogP contribution in [0.25, 0.3) is 0 Å². The molecular weight excluding hydrogens is 343 g/mol. The van der Waals surface area contributed by atoms with E-state index in [0.29, 0.717) is 18.5 Å². The first-order valence-electron chi connectivity index (χ1n) is 7.94. The molecule has 0 saturated carbocycles. The molecule has 0 spiro atoms. The Balaban J connectivity index is 1.90. The largest absolute Gasteiger partial charge is 0.341 e. The molecule has 5 nitrogen and oxygen atoms in total. The lowest BCUT2D eigenvalue weighted by molar-refractivity contribution is -0.128. The van der Waals surface area contributed by atoms with Gasteiger partial charge in [0.05, 0.1) is 4.90 Å². The number of amides is 1. The van der Waals surface area contributed by atoms with Crippen LogP contribution in [-0.2, 0) is 21.2 Å². The fourth-order valence-electron chi connectivity index (χ4n) is 2.38. The van der Waals surface area contributed by atoms with E-state index in [9.17, 15) is 17.6 Å². The van der Waals surface area contributed by atoms with Crippen molar-refractivity contribution in [3.8, 4) is 0 Å². The van der Waals surface area contributed by atoms with E-state index in [0.717, 1.165) is 0 Å². The van der Waals surface area contributed by atoms with Gasteiger partial charge in [-0.3, -0.25) is 4.79 Å². The number of rotatable bonds is 8. The predicted octanol–water partition coefficient (Wildman–Crippen LogP) is 2.20. The Morgan fingerprint density at radius 1 is 1.04 bits per heavy atom. The van der Waals surface area contributed by atoms with Crippen LogP contribution < -0.4 is 4.72 Å². The average Bonchev–Trinajstić information content (AvgIpc) is 2.59. The van der Waals surface area contributed by atoms with Gasteiger partial charge in [0.2, 0.25) is 15.9 Å². The van der Waals surface area contributed by atoms with Gasteiger partial charge in [0.25, 0.3) is 0 Å². The quantitative estimate of drug-likeness (QED) is 0.781. The van der Waals surface area contributed by atoms with E-state index < -0.39 is 10.0 Å². The highest BCUT2D eigenvalue weighted by atomic mass is 32.2. The van der Waals surface area contributed by atoms with E-state index in [4.69, 9.17) is 0 Å². The van der Waals surface area contributed by atoms with Gasteiger partial charge >= 0.3 is 0 Å². The van der Waals surface area contributed by atoms with E-state index in [1.165, 1.54) is 30.0 Å². The fraction of sp³-hybridized carbons (Fsp3) is 0.278. The molecule has 1 N–H and O–H groups in total. The first-order valence-corrected chi connectivity index (χ1v) is 9.42. The molecule has 0 unspecified atom stereocenters. The van der Waals surface area contributed by atoms with Crippen molar-refractivity contribution in [2.24, 2.45) is 0 Å². The lowest BCUT2D eigenvalue weighted by atomic mass is 10.1. The zero-order valence-electron chi connectivity index (χ0n) is 14.0. The van der Waals surface area contributed by atoms with Crippen molar-refractivity contribution in [3.63, 3.8) is 0 Å². The van der Waals surface area contributed by atoms with Gasteiger partial charge in [0.15, 0.2) is 0 Å². The van der Waals surface area contributed by atoms with Gasteiger partial charge in [-0.2, -0.15) is 0 Å². The van der Waals surface area contributed by atoms with Crippen molar-refractivity contribution in [2.45, 2.75) is 18.2 Å². The fourth-order valence-corrected chi connectivity index (χ4v) is 3.42. The molecular formula is C18H21FN2O3S. The third-order valence-corrected chi connectivity index (χ3v) is 5.26. The average molecular weight is 364 g/mol. The summed E-state index contributed by atoms with van der Waals surface area (Å²) < 4.78 is 40.4. The number of benzene rings is 2. The molecule has 0 fully saturated rings. The van der Waals surface area contributed by atoms with Gasteiger partial charge in [0.1, 0.15) is 5.82 Å². The van der Waals surface area contributed by atoms with Crippen LogP contribution in [0.15, 0.2) is 59.5 Å². The number of carbonyl (C=O) groups excluding carboxylic acids is 1. The van der Waals surface area contributed by atoms with E-state index in [1.54, 1.807) is 36.4 Å². The number of hydrogen-bond donors (Lipinski definition) is 1. The molecule has 7 heteroatoms. The molecule has 0 aliphatic carbocycles. The van der Waals surface area contributed by atoms with Crippen molar-refractivity contribution in [3.05, 3.63) is 66.0 Å². The number of carbonyl (C=O) groups is 1. The molecule has 0 aliphatic rings. The standard InChI is InChI=1S/C18H21FN2O3S/c1-15(22)21(13-11-16-7-5-6-10-18(16)19)14-12-20-25(23,24)17-8-3-2-4-9-17/h2-10,20H,11-14H2,1H3. The summed E-state index contributed by atoms with van der Waals surface area (Å²) in [6, 6.07) is 14.4. The number of nitrogens with one attached hydrogen (secondary N) is 1. The third-order valence-electron chi connectivity index (χ3n) is 3.78. The molecule has 0 saturated heterocycles. The Kier molecular flexibility index (Phi) is 6.66. The van der Waals surface area contributed by atoms with Gasteiger partial charge < -0.3 is 4.90 Å². The molecule has 2 aromatic carbocycles. The molecule has 0 heterocycles. The predicted molar refractivity (Wildman–Crippen MR) is 94.0 cm³/mol. The highest BCUT2D eigenvalue weighted by molar-refractivity contribution is 7.89. The lowest BCUT2D eigenvalue weighted by Gasteiger charge is -2.21. The summed E-state index contributed by atoms with van der Waals surface area (Å²) in [6.07, 6.45) is 0.373. The van der Waals surface area contributed by atoms with Crippen LogP contribution >= 0.6 is 0 Å². The highest BCUT2D eigenvalue weighted by Gasteiger charge is 2.15. The topological polar surface area (TPSA) is 66.5 Å². The van der Waals surface area contributed by atoms with Crippen molar-refractivity contribution in [1.82, 2.24) is 9.62 Å². The Labute approximate surface area is 147 Å². The third kappa shape index (κ3) is 5.65. The molecule has 0 radical (unpaired) electrons. The van der Waals surface area contributed by atoms with Crippen molar-refractivity contribution in [2.75, 3.05) is 19.6 Å². The molecule has 0 aliphatic heterocycles. The van der Waals surface area contributed by atoms with Crippen LogP contribution in [0.2, 0.25) is 0 Å². The van der Waals surface area contributed by atoms with Crippen molar-refractivity contribution >= 4 is 15.9 Å². The van der Waals surface area contributed by atoms with E-state index in [-0.39, 0.29) is 29.7 Å². The van der Waals surface area contributed by atoms with Gasteiger partial charge in [-0.05, 0) is 30.2 Å². The van der Waals surface area contributed by atoms with Crippen molar-refractivity contribution < 1.29 is 17.6 Å².